The number of hydrogen-bond donors (Lipinski definition) is 1. The van der Waals surface area contributed by atoms with Crippen LogP contribution < -0.4 is 0 Å². The topological polar surface area (TPSA) is 20.2 Å². The van der Waals surface area contributed by atoms with Gasteiger partial charge in [-0.2, -0.15) is 0 Å². The van der Waals surface area contributed by atoms with Crippen LogP contribution >= 0.6 is 0 Å². The SMILES string of the molecule is CC(C)[C@H]1CCC(C)(C)C[C@@H]1O. The van der Waals surface area contributed by atoms with Crippen molar-refractivity contribution >= 4 is 0 Å². The lowest BCUT2D eigenvalue weighted by Gasteiger charge is -2.40. The molecule has 0 aromatic carbocycles. The number of rotatable bonds is 1. The standard InChI is InChI=1S/C11H22O/c1-8(2)9-5-6-11(3,4)7-10(9)12/h8-10,12H,5-7H2,1-4H3/t9-,10+/m1/s1. The lowest BCUT2D eigenvalue weighted by molar-refractivity contribution is -0.00325. The van der Waals surface area contributed by atoms with Gasteiger partial charge in [0.05, 0.1) is 6.10 Å². The van der Waals surface area contributed by atoms with Crippen LogP contribution in [-0.2, 0) is 0 Å². The molecule has 1 rings (SSSR count). The lowest BCUT2D eigenvalue weighted by Crippen LogP contribution is -2.36. The summed E-state index contributed by atoms with van der Waals surface area (Å²) in [5, 5.41) is 9.87. The fourth-order valence-corrected chi connectivity index (χ4v) is 2.35. The number of aliphatic hydroxyl groups is 1. The Labute approximate surface area is 76.2 Å². The van der Waals surface area contributed by atoms with Gasteiger partial charge in [-0.05, 0) is 36.5 Å². The van der Waals surface area contributed by atoms with E-state index in [0.29, 0.717) is 17.3 Å². The van der Waals surface area contributed by atoms with Crippen LogP contribution in [0, 0.1) is 17.3 Å². The summed E-state index contributed by atoms with van der Waals surface area (Å²) in [5.41, 5.74) is 0.366. The minimum Gasteiger partial charge on any atom is -0.393 e. The molecule has 12 heavy (non-hydrogen) atoms. The molecule has 1 aliphatic rings. The second kappa shape index (κ2) is 3.37. The van der Waals surface area contributed by atoms with Gasteiger partial charge in [0.15, 0.2) is 0 Å². The highest BCUT2D eigenvalue weighted by Gasteiger charge is 2.34. The molecule has 1 saturated carbocycles. The third-order valence-electron chi connectivity index (χ3n) is 3.27. The van der Waals surface area contributed by atoms with E-state index in [2.05, 4.69) is 27.7 Å². The van der Waals surface area contributed by atoms with E-state index in [1.54, 1.807) is 0 Å². The largest absolute Gasteiger partial charge is 0.393 e. The monoisotopic (exact) mass is 170 g/mol. The van der Waals surface area contributed by atoms with Gasteiger partial charge in [-0.3, -0.25) is 0 Å². The molecule has 1 fully saturated rings. The zero-order chi connectivity index (χ0) is 9.35. The Morgan fingerprint density at radius 2 is 1.92 bits per heavy atom. The molecule has 0 radical (unpaired) electrons. The van der Waals surface area contributed by atoms with Gasteiger partial charge >= 0.3 is 0 Å². The smallest absolute Gasteiger partial charge is 0.0575 e. The molecule has 2 atom stereocenters. The van der Waals surface area contributed by atoms with Crippen molar-refractivity contribution in [2.24, 2.45) is 17.3 Å². The minimum absolute atomic E-state index is 0.0613. The summed E-state index contributed by atoms with van der Waals surface area (Å²) in [7, 11) is 0. The predicted molar refractivity (Wildman–Crippen MR) is 52.0 cm³/mol. The Balaban J connectivity index is 2.54. The second-order valence-electron chi connectivity index (χ2n) is 5.38. The molecule has 0 aromatic heterocycles. The third-order valence-corrected chi connectivity index (χ3v) is 3.27. The molecule has 0 saturated heterocycles. The van der Waals surface area contributed by atoms with Gasteiger partial charge in [-0.25, -0.2) is 0 Å². The molecule has 0 amide bonds. The Bertz CT molecular complexity index is 149. The Kier molecular flexibility index (Phi) is 2.82. The van der Waals surface area contributed by atoms with Crippen LogP contribution in [0.15, 0.2) is 0 Å². The fourth-order valence-electron chi connectivity index (χ4n) is 2.35. The van der Waals surface area contributed by atoms with Crippen molar-refractivity contribution in [3.63, 3.8) is 0 Å². The highest BCUT2D eigenvalue weighted by Crippen LogP contribution is 2.40. The summed E-state index contributed by atoms with van der Waals surface area (Å²) in [4.78, 5) is 0. The molecule has 1 N–H and O–H groups in total. The normalized spacial score (nSPS) is 35.5. The maximum atomic E-state index is 9.87. The first-order chi connectivity index (χ1) is 5.42. The van der Waals surface area contributed by atoms with Gasteiger partial charge in [0.2, 0.25) is 0 Å². The quantitative estimate of drug-likeness (QED) is 0.641. The van der Waals surface area contributed by atoms with Crippen LogP contribution in [0.25, 0.3) is 0 Å². The second-order valence-corrected chi connectivity index (χ2v) is 5.38. The van der Waals surface area contributed by atoms with Gasteiger partial charge in [-0.15, -0.1) is 0 Å². The van der Waals surface area contributed by atoms with E-state index in [1.165, 1.54) is 12.8 Å². The zero-order valence-corrected chi connectivity index (χ0v) is 8.80. The van der Waals surface area contributed by atoms with Crippen LogP contribution in [0.1, 0.15) is 47.0 Å². The molecule has 0 unspecified atom stereocenters. The predicted octanol–water partition coefficient (Wildman–Crippen LogP) is 2.83. The van der Waals surface area contributed by atoms with Crippen molar-refractivity contribution in [1.29, 1.82) is 0 Å². The first kappa shape index (κ1) is 10.0. The Morgan fingerprint density at radius 1 is 1.33 bits per heavy atom. The molecule has 0 bridgehead atoms. The van der Waals surface area contributed by atoms with Gasteiger partial charge in [0.25, 0.3) is 0 Å². The van der Waals surface area contributed by atoms with Gasteiger partial charge in [0, 0.05) is 0 Å². The first-order valence-electron chi connectivity index (χ1n) is 5.10. The fraction of sp³-hybridized carbons (Fsp3) is 1.00. The molecular formula is C11H22O. The van der Waals surface area contributed by atoms with E-state index >= 15 is 0 Å². The molecular weight excluding hydrogens is 148 g/mol. The average molecular weight is 170 g/mol. The molecule has 0 aliphatic heterocycles. The van der Waals surface area contributed by atoms with Crippen LogP contribution in [0.3, 0.4) is 0 Å². The van der Waals surface area contributed by atoms with Gasteiger partial charge in [-0.1, -0.05) is 27.7 Å². The first-order valence-corrected chi connectivity index (χ1v) is 5.10. The summed E-state index contributed by atoms with van der Waals surface area (Å²) in [5.74, 6) is 1.18. The van der Waals surface area contributed by atoms with Crippen molar-refractivity contribution in [3.05, 3.63) is 0 Å². The van der Waals surface area contributed by atoms with Crippen LogP contribution in [-0.4, -0.2) is 11.2 Å². The maximum Gasteiger partial charge on any atom is 0.0575 e. The van der Waals surface area contributed by atoms with Crippen molar-refractivity contribution in [2.45, 2.75) is 53.1 Å². The summed E-state index contributed by atoms with van der Waals surface area (Å²) >= 11 is 0. The summed E-state index contributed by atoms with van der Waals surface area (Å²) in [6.07, 6.45) is 3.39. The Morgan fingerprint density at radius 3 is 2.33 bits per heavy atom. The Hall–Kier alpha value is -0.0400. The van der Waals surface area contributed by atoms with E-state index in [9.17, 15) is 5.11 Å². The molecule has 1 heteroatoms. The number of hydrogen-bond acceptors (Lipinski definition) is 1. The van der Waals surface area contributed by atoms with Crippen LogP contribution in [0.4, 0.5) is 0 Å². The highest BCUT2D eigenvalue weighted by molar-refractivity contribution is 4.85. The van der Waals surface area contributed by atoms with E-state index < -0.39 is 0 Å². The molecule has 72 valence electrons. The van der Waals surface area contributed by atoms with E-state index in [1.807, 2.05) is 0 Å². The summed E-state index contributed by atoms with van der Waals surface area (Å²) in [6, 6.07) is 0. The number of aliphatic hydroxyl groups excluding tert-OH is 1. The van der Waals surface area contributed by atoms with Gasteiger partial charge in [0.1, 0.15) is 0 Å². The molecule has 0 spiro atoms. The van der Waals surface area contributed by atoms with Crippen LogP contribution in [0.2, 0.25) is 0 Å². The lowest BCUT2D eigenvalue weighted by atomic mass is 9.68. The minimum atomic E-state index is -0.0613. The van der Waals surface area contributed by atoms with E-state index in [0.717, 1.165) is 6.42 Å². The van der Waals surface area contributed by atoms with Crippen LogP contribution in [0.5, 0.6) is 0 Å². The molecule has 0 heterocycles. The van der Waals surface area contributed by atoms with Crippen molar-refractivity contribution in [3.8, 4) is 0 Å². The van der Waals surface area contributed by atoms with Crippen molar-refractivity contribution in [2.75, 3.05) is 0 Å². The third kappa shape index (κ3) is 2.22. The van der Waals surface area contributed by atoms with Crippen molar-refractivity contribution < 1.29 is 5.11 Å². The van der Waals surface area contributed by atoms with E-state index in [-0.39, 0.29) is 6.10 Å². The molecule has 0 aromatic rings. The maximum absolute atomic E-state index is 9.87. The van der Waals surface area contributed by atoms with E-state index in [4.69, 9.17) is 0 Å². The average Bonchev–Trinajstić information content (AvgIpc) is 1.83. The van der Waals surface area contributed by atoms with Crippen molar-refractivity contribution in [1.82, 2.24) is 0 Å². The summed E-state index contributed by atoms with van der Waals surface area (Å²) < 4.78 is 0. The molecule has 1 nitrogen and oxygen atoms in total. The summed E-state index contributed by atoms with van der Waals surface area (Å²) in [6.45, 7) is 8.94. The highest BCUT2D eigenvalue weighted by atomic mass is 16.3. The molecule has 1 aliphatic carbocycles. The zero-order valence-electron chi connectivity index (χ0n) is 8.80. The van der Waals surface area contributed by atoms with Gasteiger partial charge < -0.3 is 5.11 Å².